The van der Waals surface area contributed by atoms with Crippen molar-refractivity contribution in [1.29, 1.82) is 0 Å². The van der Waals surface area contributed by atoms with Crippen molar-refractivity contribution >= 4 is 23.3 Å². The minimum absolute atomic E-state index is 0.00262. The van der Waals surface area contributed by atoms with E-state index in [4.69, 9.17) is 11.6 Å². The van der Waals surface area contributed by atoms with E-state index in [0.717, 1.165) is 6.07 Å². The van der Waals surface area contributed by atoms with Crippen molar-refractivity contribution in [3.63, 3.8) is 0 Å². The number of nitrogens with zero attached hydrogens (tertiary/aromatic N) is 3. The lowest BCUT2D eigenvalue weighted by Crippen LogP contribution is -2.48. The van der Waals surface area contributed by atoms with Gasteiger partial charge in [0.25, 0.3) is 0 Å². The van der Waals surface area contributed by atoms with Crippen LogP contribution in [0.15, 0.2) is 6.07 Å². The number of carbonyl (C=O) groups excluding carboxylic acids is 1. The fourth-order valence-corrected chi connectivity index (χ4v) is 1.72. The van der Waals surface area contributed by atoms with Gasteiger partial charge in [0.1, 0.15) is 5.82 Å². The molecule has 0 aromatic carbocycles. The summed E-state index contributed by atoms with van der Waals surface area (Å²) in [6, 6.07) is 0.782. The SMILES string of the molecule is O=C1CN(c2cc(C(F)(F)F)nc(Cl)n2)CCN1. The molecule has 0 atom stereocenters. The number of piperazine rings is 1. The average Bonchev–Trinajstić information content (AvgIpc) is 2.27. The van der Waals surface area contributed by atoms with E-state index in [1.54, 1.807) is 0 Å². The van der Waals surface area contributed by atoms with E-state index in [-0.39, 0.29) is 18.3 Å². The van der Waals surface area contributed by atoms with E-state index >= 15 is 0 Å². The predicted molar refractivity (Wildman–Crippen MR) is 57.3 cm³/mol. The highest BCUT2D eigenvalue weighted by atomic mass is 35.5. The molecule has 5 nitrogen and oxygen atoms in total. The van der Waals surface area contributed by atoms with Crippen LogP contribution in [0, 0.1) is 0 Å². The van der Waals surface area contributed by atoms with Crippen LogP contribution in [0.5, 0.6) is 0 Å². The highest BCUT2D eigenvalue weighted by Crippen LogP contribution is 2.30. The lowest BCUT2D eigenvalue weighted by atomic mass is 10.3. The van der Waals surface area contributed by atoms with Gasteiger partial charge in [-0.1, -0.05) is 0 Å². The number of aromatic nitrogens is 2. The van der Waals surface area contributed by atoms with Crippen molar-refractivity contribution in [1.82, 2.24) is 15.3 Å². The van der Waals surface area contributed by atoms with Gasteiger partial charge in [-0.2, -0.15) is 13.2 Å². The van der Waals surface area contributed by atoms with Gasteiger partial charge in [0.2, 0.25) is 11.2 Å². The Kier molecular flexibility index (Phi) is 3.29. The molecular formula is C9H8ClF3N4O. The summed E-state index contributed by atoms with van der Waals surface area (Å²) >= 11 is 5.46. The molecule has 18 heavy (non-hydrogen) atoms. The molecule has 2 heterocycles. The Bertz CT molecular complexity index is 479. The molecule has 1 aliphatic heterocycles. The number of amides is 1. The van der Waals surface area contributed by atoms with Crippen molar-refractivity contribution < 1.29 is 18.0 Å². The molecule has 1 aliphatic rings. The van der Waals surface area contributed by atoms with Crippen LogP contribution in [0.2, 0.25) is 5.28 Å². The van der Waals surface area contributed by atoms with Gasteiger partial charge in [-0.25, -0.2) is 9.97 Å². The number of hydrogen-bond donors (Lipinski definition) is 1. The Morgan fingerprint density at radius 2 is 2.11 bits per heavy atom. The lowest BCUT2D eigenvalue weighted by molar-refractivity contribution is -0.141. The number of hydrogen-bond acceptors (Lipinski definition) is 4. The van der Waals surface area contributed by atoms with Crippen LogP contribution in [0.3, 0.4) is 0 Å². The highest BCUT2D eigenvalue weighted by molar-refractivity contribution is 6.28. The van der Waals surface area contributed by atoms with Crippen LogP contribution < -0.4 is 10.2 Å². The Hall–Kier alpha value is -1.57. The third-order valence-electron chi connectivity index (χ3n) is 2.34. The maximum absolute atomic E-state index is 12.5. The van der Waals surface area contributed by atoms with Gasteiger partial charge in [0.05, 0.1) is 6.54 Å². The van der Waals surface area contributed by atoms with E-state index in [1.807, 2.05) is 0 Å². The van der Waals surface area contributed by atoms with Gasteiger partial charge in [-0.15, -0.1) is 0 Å². The quantitative estimate of drug-likeness (QED) is 0.782. The second-order valence-corrected chi connectivity index (χ2v) is 3.99. The smallest absolute Gasteiger partial charge is 0.353 e. The number of alkyl halides is 3. The predicted octanol–water partition coefficient (Wildman–Crippen LogP) is 1.08. The topological polar surface area (TPSA) is 58.1 Å². The summed E-state index contributed by atoms with van der Waals surface area (Å²) in [6.07, 6.45) is -4.60. The van der Waals surface area contributed by atoms with Crippen molar-refractivity contribution in [3.8, 4) is 0 Å². The van der Waals surface area contributed by atoms with Crippen molar-refractivity contribution in [2.75, 3.05) is 24.5 Å². The first kappa shape index (κ1) is 12.9. The third-order valence-corrected chi connectivity index (χ3v) is 2.51. The van der Waals surface area contributed by atoms with Crippen LogP contribution in [-0.4, -0.2) is 35.5 Å². The fraction of sp³-hybridized carbons (Fsp3) is 0.444. The zero-order chi connectivity index (χ0) is 13.3. The summed E-state index contributed by atoms with van der Waals surface area (Å²) in [5.41, 5.74) is -1.12. The number of anilines is 1. The maximum atomic E-state index is 12.5. The molecule has 0 unspecified atom stereocenters. The summed E-state index contributed by atoms with van der Waals surface area (Å²) < 4.78 is 37.6. The molecule has 1 fully saturated rings. The lowest BCUT2D eigenvalue weighted by Gasteiger charge is -2.27. The molecule has 0 aliphatic carbocycles. The number of rotatable bonds is 1. The van der Waals surface area contributed by atoms with E-state index in [1.165, 1.54) is 4.90 Å². The first-order valence-corrected chi connectivity index (χ1v) is 5.37. The molecular weight excluding hydrogens is 273 g/mol. The zero-order valence-corrected chi connectivity index (χ0v) is 9.72. The largest absolute Gasteiger partial charge is 0.433 e. The van der Waals surface area contributed by atoms with E-state index in [0.29, 0.717) is 13.1 Å². The van der Waals surface area contributed by atoms with Gasteiger partial charge in [-0.05, 0) is 11.6 Å². The molecule has 9 heteroatoms. The van der Waals surface area contributed by atoms with Crippen LogP contribution in [0.4, 0.5) is 19.0 Å². The second-order valence-electron chi connectivity index (χ2n) is 3.65. The Labute approximate surface area is 105 Å². The van der Waals surface area contributed by atoms with Gasteiger partial charge in [0.15, 0.2) is 5.69 Å². The standard InChI is InChI=1S/C9H8ClF3N4O/c10-8-15-5(9(11,12)13)3-6(16-8)17-2-1-14-7(18)4-17/h3H,1-2,4H2,(H,14,18). The Balaban J connectivity index is 2.33. The zero-order valence-electron chi connectivity index (χ0n) is 8.96. The molecule has 1 aromatic rings. The number of halogens is 4. The van der Waals surface area contributed by atoms with E-state index in [2.05, 4.69) is 15.3 Å². The van der Waals surface area contributed by atoms with Crippen molar-refractivity contribution in [3.05, 3.63) is 17.0 Å². The van der Waals surface area contributed by atoms with Crippen LogP contribution in [-0.2, 0) is 11.0 Å². The van der Waals surface area contributed by atoms with Gasteiger partial charge < -0.3 is 10.2 Å². The first-order valence-electron chi connectivity index (χ1n) is 4.99. The van der Waals surface area contributed by atoms with Crippen molar-refractivity contribution in [2.24, 2.45) is 0 Å². The van der Waals surface area contributed by atoms with Crippen LogP contribution >= 0.6 is 11.6 Å². The monoisotopic (exact) mass is 280 g/mol. The molecule has 1 saturated heterocycles. The third kappa shape index (κ3) is 2.81. The normalized spacial score (nSPS) is 16.7. The molecule has 1 N–H and O–H groups in total. The maximum Gasteiger partial charge on any atom is 0.433 e. The average molecular weight is 281 g/mol. The van der Waals surface area contributed by atoms with E-state index < -0.39 is 17.2 Å². The number of nitrogens with one attached hydrogen (secondary N) is 1. The molecule has 98 valence electrons. The minimum atomic E-state index is -4.60. The molecule has 0 radical (unpaired) electrons. The van der Waals surface area contributed by atoms with E-state index in [9.17, 15) is 18.0 Å². The number of carbonyl (C=O) groups is 1. The van der Waals surface area contributed by atoms with Gasteiger partial charge in [-0.3, -0.25) is 4.79 Å². The van der Waals surface area contributed by atoms with Crippen LogP contribution in [0.1, 0.15) is 5.69 Å². The Morgan fingerprint density at radius 3 is 2.72 bits per heavy atom. The molecule has 1 aromatic heterocycles. The summed E-state index contributed by atoms with van der Waals surface area (Å²) in [6.45, 7) is 0.669. The highest BCUT2D eigenvalue weighted by Gasteiger charge is 2.34. The molecule has 0 saturated carbocycles. The summed E-state index contributed by atoms with van der Waals surface area (Å²) in [7, 11) is 0. The minimum Gasteiger partial charge on any atom is -0.353 e. The van der Waals surface area contributed by atoms with Gasteiger partial charge in [0, 0.05) is 19.2 Å². The molecule has 0 bridgehead atoms. The molecule has 1 amide bonds. The molecule has 0 spiro atoms. The first-order chi connectivity index (χ1) is 8.36. The van der Waals surface area contributed by atoms with Crippen LogP contribution in [0.25, 0.3) is 0 Å². The summed E-state index contributed by atoms with van der Waals surface area (Å²) in [5, 5.41) is 2.07. The Morgan fingerprint density at radius 1 is 1.39 bits per heavy atom. The summed E-state index contributed by atoms with van der Waals surface area (Å²) in [4.78, 5) is 19.4. The fourth-order valence-electron chi connectivity index (χ4n) is 1.55. The van der Waals surface area contributed by atoms with Crippen molar-refractivity contribution in [2.45, 2.75) is 6.18 Å². The molecule has 2 rings (SSSR count). The summed E-state index contributed by atoms with van der Waals surface area (Å²) in [5.74, 6) is -0.276. The second kappa shape index (κ2) is 4.60. The van der Waals surface area contributed by atoms with Gasteiger partial charge >= 0.3 is 6.18 Å².